The van der Waals surface area contributed by atoms with Gasteiger partial charge >= 0.3 is 0 Å². The third-order valence-electron chi connectivity index (χ3n) is 2.38. The summed E-state index contributed by atoms with van der Waals surface area (Å²) in [4.78, 5) is 15.8. The first-order chi connectivity index (χ1) is 8.58. The van der Waals surface area contributed by atoms with E-state index in [0.29, 0.717) is 5.69 Å². The second-order valence-electron chi connectivity index (χ2n) is 3.88. The Hall–Kier alpha value is -2.56. The van der Waals surface area contributed by atoms with Crippen LogP contribution in [-0.4, -0.2) is 21.1 Å². The van der Waals surface area contributed by atoms with E-state index in [-0.39, 0.29) is 17.1 Å². The van der Waals surface area contributed by atoms with Gasteiger partial charge in [0.05, 0.1) is 11.9 Å². The van der Waals surface area contributed by atoms with Crippen LogP contribution in [0.5, 0.6) is 11.5 Å². The molecule has 0 aliphatic rings. The number of nitrogens with zero attached hydrogens (tertiary/aromatic N) is 1. The van der Waals surface area contributed by atoms with E-state index in [4.69, 9.17) is 0 Å². The molecule has 3 N–H and O–H groups in total. The van der Waals surface area contributed by atoms with Gasteiger partial charge in [0.2, 0.25) is 0 Å². The molecule has 92 valence electrons. The number of phenolic OH excluding ortho intramolecular Hbond substituents is 2. The van der Waals surface area contributed by atoms with Gasteiger partial charge in [-0.3, -0.25) is 9.78 Å². The molecule has 1 amide bonds. The van der Waals surface area contributed by atoms with Crippen molar-refractivity contribution in [1.29, 1.82) is 0 Å². The lowest BCUT2D eigenvalue weighted by Crippen LogP contribution is -2.12. The SMILES string of the molecule is Cc1cncc(NC(=O)c2c(O)cccc2O)c1. The molecule has 1 aromatic heterocycles. The minimum atomic E-state index is -0.585. The molecule has 1 aromatic carbocycles. The second kappa shape index (κ2) is 4.75. The lowest BCUT2D eigenvalue weighted by molar-refractivity contribution is 0.102. The minimum absolute atomic E-state index is 0.154. The number of phenols is 2. The fourth-order valence-electron chi connectivity index (χ4n) is 1.58. The summed E-state index contributed by atoms with van der Waals surface area (Å²) in [5.74, 6) is -1.13. The van der Waals surface area contributed by atoms with Crippen LogP contribution >= 0.6 is 0 Å². The Morgan fingerprint density at radius 1 is 1.22 bits per heavy atom. The number of nitrogens with one attached hydrogen (secondary N) is 1. The summed E-state index contributed by atoms with van der Waals surface area (Å²) in [6, 6.07) is 5.86. The molecule has 0 saturated heterocycles. The molecule has 0 spiro atoms. The van der Waals surface area contributed by atoms with Crippen LogP contribution in [0.2, 0.25) is 0 Å². The largest absolute Gasteiger partial charge is 0.507 e. The molecule has 0 bridgehead atoms. The zero-order valence-electron chi connectivity index (χ0n) is 9.71. The van der Waals surface area contributed by atoms with Crippen molar-refractivity contribution in [2.45, 2.75) is 6.92 Å². The number of aryl methyl sites for hydroxylation is 1. The predicted octanol–water partition coefficient (Wildman–Crippen LogP) is 2.05. The number of anilines is 1. The fraction of sp³-hybridized carbons (Fsp3) is 0.0769. The number of benzene rings is 1. The van der Waals surface area contributed by atoms with E-state index in [1.807, 2.05) is 6.92 Å². The van der Waals surface area contributed by atoms with Crippen molar-refractivity contribution < 1.29 is 15.0 Å². The molecule has 18 heavy (non-hydrogen) atoms. The molecular weight excluding hydrogens is 232 g/mol. The van der Waals surface area contributed by atoms with Crippen LogP contribution in [0.15, 0.2) is 36.7 Å². The molecule has 0 aliphatic carbocycles. The second-order valence-corrected chi connectivity index (χ2v) is 3.88. The average Bonchev–Trinajstić information content (AvgIpc) is 2.28. The molecule has 0 atom stereocenters. The van der Waals surface area contributed by atoms with Gasteiger partial charge in [0.15, 0.2) is 0 Å². The van der Waals surface area contributed by atoms with Crippen molar-refractivity contribution in [2.75, 3.05) is 5.32 Å². The van der Waals surface area contributed by atoms with Crippen molar-refractivity contribution in [3.8, 4) is 11.5 Å². The summed E-state index contributed by atoms with van der Waals surface area (Å²) in [6.07, 6.45) is 3.15. The van der Waals surface area contributed by atoms with Crippen LogP contribution in [0, 0.1) is 6.92 Å². The molecule has 0 fully saturated rings. The van der Waals surface area contributed by atoms with Gasteiger partial charge < -0.3 is 15.5 Å². The maximum atomic E-state index is 11.9. The van der Waals surface area contributed by atoms with Crippen molar-refractivity contribution in [2.24, 2.45) is 0 Å². The van der Waals surface area contributed by atoms with Crippen molar-refractivity contribution in [3.05, 3.63) is 47.8 Å². The van der Waals surface area contributed by atoms with Gasteiger partial charge in [-0.05, 0) is 30.7 Å². The Labute approximate surface area is 104 Å². The standard InChI is InChI=1S/C13H12N2O3/c1-8-5-9(7-14-6-8)15-13(18)12-10(16)3-2-4-11(12)17/h2-7,16-17H,1H3,(H,15,18). The van der Waals surface area contributed by atoms with Crippen molar-refractivity contribution >= 4 is 11.6 Å². The van der Waals surface area contributed by atoms with Crippen LogP contribution in [-0.2, 0) is 0 Å². The number of carbonyl (C=O) groups is 1. The molecule has 0 unspecified atom stereocenters. The quantitative estimate of drug-likeness (QED) is 0.755. The smallest absolute Gasteiger partial charge is 0.263 e. The molecule has 2 aromatic rings. The molecule has 1 heterocycles. The Bertz CT molecular complexity index is 576. The predicted molar refractivity (Wildman–Crippen MR) is 66.7 cm³/mol. The lowest BCUT2D eigenvalue weighted by atomic mass is 10.1. The van der Waals surface area contributed by atoms with Crippen LogP contribution < -0.4 is 5.32 Å². The third-order valence-corrected chi connectivity index (χ3v) is 2.38. The Morgan fingerprint density at radius 3 is 2.50 bits per heavy atom. The number of amides is 1. The molecule has 5 nitrogen and oxygen atoms in total. The number of hydrogen-bond donors (Lipinski definition) is 3. The topological polar surface area (TPSA) is 82.5 Å². The van der Waals surface area contributed by atoms with Crippen molar-refractivity contribution in [1.82, 2.24) is 4.98 Å². The maximum Gasteiger partial charge on any atom is 0.263 e. The summed E-state index contributed by atoms with van der Waals surface area (Å²) in [5.41, 5.74) is 1.25. The first-order valence-corrected chi connectivity index (χ1v) is 5.32. The Balaban J connectivity index is 2.28. The lowest BCUT2D eigenvalue weighted by Gasteiger charge is -2.08. The molecular formula is C13H12N2O3. The normalized spacial score (nSPS) is 10.1. The van der Waals surface area contributed by atoms with Gasteiger partial charge in [-0.25, -0.2) is 0 Å². The van der Waals surface area contributed by atoms with Crippen LogP contribution in [0.1, 0.15) is 15.9 Å². The number of hydrogen-bond acceptors (Lipinski definition) is 4. The van der Waals surface area contributed by atoms with Crippen LogP contribution in [0.25, 0.3) is 0 Å². The van der Waals surface area contributed by atoms with E-state index in [2.05, 4.69) is 10.3 Å². The minimum Gasteiger partial charge on any atom is -0.507 e. The van der Waals surface area contributed by atoms with Crippen molar-refractivity contribution in [3.63, 3.8) is 0 Å². The first kappa shape index (κ1) is 11.9. The van der Waals surface area contributed by atoms with Crippen LogP contribution in [0.3, 0.4) is 0 Å². The Kier molecular flexibility index (Phi) is 3.14. The highest BCUT2D eigenvalue weighted by Gasteiger charge is 2.16. The van der Waals surface area contributed by atoms with Gasteiger partial charge in [-0.2, -0.15) is 0 Å². The van der Waals surface area contributed by atoms with Gasteiger partial charge in [-0.15, -0.1) is 0 Å². The van der Waals surface area contributed by atoms with Gasteiger partial charge in [0, 0.05) is 6.20 Å². The molecule has 0 aliphatic heterocycles. The molecule has 0 saturated carbocycles. The maximum absolute atomic E-state index is 11.9. The fourth-order valence-corrected chi connectivity index (χ4v) is 1.58. The highest BCUT2D eigenvalue weighted by atomic mass is 16.3. The molecule has 5 heteroatoms. The number of aromatic hydroxyl groups is 2. The summed E-state index contributed by atoms with van der Waals surface area (Å²) < 4.78 is 0. The third kappa shape index (κ3) is 2.40. The molecule has 0 radical (unpaired) electrons. The number of rotatable bonds is 2. The summed E-state index contributed by atoms with van der Waals surface area (Å²) >= 11 is 0. The van der Waals surface area contributed by atoms with Gasteiger partial charge in [-0.1, -0.05) is 6.07 Å². The summed E-state index contributed by atoms with van der Waals surface area (Å²) in [6.45, 7) is 1.85. The van der Waals surface area contributed by atoms with E-state index in [9.17, 15) is 15.0 Å². The van der Waals surface area contributed by atoms with Gasteiger partial charge in [0.25, 0.3) is 5.91 Å². The van der Waals surface area contributed by atoms with E-state index in [0.717, 1.165) is 5.56 Å². The Morgan fingerprint density at radius 2 is 1.89 bits per heavy atom. The van der Waals surface area contributed by atoms with E-state index in [1.54, 1.807) is 12.3 Å². The van der Waals surface area contributed by atoms with E-state index >= 15 is 0 Å². The highest BCUT2D eigenvalue weighted by molar-refractivity contribution is 6.07. The number of carbonyl (C=O) groups excluding carboxylic acids is 1. The van der Waals surface area contributed by atoms with E-state index < -0.39 is 5.91 Å². The molecule has 2 rings (SSSR count). The van der Waals surface area contributed by atoms with E-state index in [1.165, 1.54) is 24.4 Å². The summed E-state index contributed by atoms with van der Waals surface area (Å²) in [5, 5.41) is 21.7. The summed E-state index contributed by atoms with van der Waals surface area (Å²) in [7, 11) is 0. The highest BCUT2D eigenvalue weighted by Crippen LogP contribution is 2.27. The van der Waals surface area contributed by atoms with Crippen LogP contribution in [0.4, 0.5) is 5.69 Å². The zero-order chi connectivity index (χ0) is 13.1. The van der Waals surface area contributed by atoms with Gasteiger partial charge in [0.1, 0.15) is 17.1 Å². The average molecular weight is 244 g/mol. The number of aromatic nitrogens is 1. The first-order valence-electron chi connectivity index (χ1n) is 5.32. The zero-order valence-corrected chi connectivity index (χ0v) is 9.71. The monoisotopic (exact) mass is 244 g/mol. The number of pyridine rings is 1.